The van der Waals surface area contributed by atoms with Crippen molar-refractivity contribution in [3.05, 3.63) is 35.4 Å². The van der Waals surface area contributed by atoms with Crippen LogP contribution >= 0.6 is 23.2 Å². The number of benzene rings is 1. The van der Waals surface area contributed by atoms with Gasteiger partial charge in [-0.3, -0.25) is 0 Å². The van der Waals surface area contributed by atoms with Crippen molar-refractivity contribution in [2.24, 2.45) is 11.8 Å². The summed E-state index contributed by atoms with van der Waals surface area (Å²) in [7, 11) is 0. The Morgan fingerprint density at radius 1 is 0.867 bits per heavy atom. The van der Waals surface area contributed by atoms with E-state index in [-0.39, 0.29) is 10.8 Å². The monoisotopic (exact) mass is 238 g/mol. The number of hydrogen-bond donors (Lipinski definition) is 0. The summed E-state index contributed by atoms with van der Waals surface area (Å²) in [5, 5.41) is 0.401. The minimum absolute atomic E-state index is 0.200. The van der Waals surface area contributed by atoms with Gasteiger partial charge < -0.3 is 0 Å². The molecule has 3 aliphatic rings. The zero-order chi connectivity index (χ0) is 10.2. The van der Waals surface area contributed by atoms with Gasteiger partial charge >= 0.3 is 0 Å². The van der Waals surface area contributed by atoms with Gasteiger partial charge in [0.1, 0.15) is 0 Å². The van der Waals surface area contributed by atoms with Gasteiger partial charge in [0.2, 0.25) is 0 Å². The van der Waals surface area contributed by atoms with E-state index in [1.807, 2.05) is 0 Å². The average Bonchev–Trinajstić information content (AvgIpc) is 2.70. The Morgan fingerprint density at radius 3 is 1.80 bits per heavy atom. The summed E-state index contributed by atoms with van der Waals surface area (Å²) in [6.45, 7) is 0. The minimum atomic E-state index is 0.200. The average molecular weight is 239 g/mol. The van der Waals surface area contributed by atoms with Crippen LogP contribution in [0.2, 0.25) is 0 Å². The second kappa shape index (κ2) is 2.73. The van der Waals surface area contributed by atoms with Crippen molar-refractivity contribution < 1.29 is 0 Å². The first-order chi connectivity index (χ1) is 7.29. The van der Waals surface area contributed by atoms with E-state index in [1.54, 1.807) is 11.1 Å². The molecule has 0 aliphatic heterocycles. The van der Waals surface area contributed by atoms with Crippen LogP contribution < -0.4 is 0 Å². The van der Waals surface area contributed by atoms with Crippen LogP contribution in [0.25, 0.3) is 0 Å². The van der Waals surface area contributed by atoms with Crippen molar-refractivity contribution >= 4 is 23.2 Å². The molecule has 1 aromatic carbocycles. The van der Waals surface area contributed by atoms with Crippen molar-refractivity contribution in [2.75, 3.05) is 0 Å². The number of hydrogen-bond acceptors (Lipinski definition) is 0. The molecule has 2 heteroatoms. The molecule has 6 atom stereocenters. The molecule has 0 radical (unpaired) electrons. The molecule has 4 rings (SSSR count). The van der Waals surface area contributed by atoms with Crippen LogP contribution in [-0.2, 0) is 0 Å². The standard InChI is InChI=1S/C13H12Cl2/c14-12-8-5-9(13(12)15)11-7-4-2-1-3-6(7)10(8)11/h1-4,8-13H,5H2/t8-,9+,10-,11+,12-,13+. The number of halogens is 2. The predicted molar refractivity (Wildman–Crippen MR) is 62.8 cm³/mol. The van der Waals surface area contributed by atoms with E-state index >= 15 is 0 Å². The highest BCUT2D eigenvalue weighted by Crippen LogP contribution is 2.69. The van der Waals surface area contributed by atoms with E-state index < -0.39 is 0 Å². The molecule has 0 aromatic heterocycles. The molecule has 0 unspecified atom stereocenters. The first-order valence-electron chi connectivity index (χ1n) is 5.66. The Bertz CT molecular complexity index is 389. The van der Waals surface area contributed by atoms with Crippen LogP contribution in [0.5, 0.6) is 0 Å². The molecule has 0 spiro atoms. The van der Waals surface area contributed by atoms with Gasteiger partial charge in [0, 0.05) is 0 Å². The highest BCUT2D eigenvalue weighted by Gasteiger charge is 2.62. The summed E-state index contributed by atoms with van der Waals surface area (Å²) in [4.78, 5) is 0. The van der Waals surface area contributed by atoms with Crippen LogP contribution in [0.3, 0.4) is 0 Å². The molecule has 0 nitrogen and oxygen atoms in total. The Labute approximate surface area is 99.6 Å². The molecule has 3 aliphatic carbocycles. The quantitative estimate of drug-likeness (QED) is 0.605. The molecule has 15 heavy (non-hydrogen) atoms. The fraction of sp³-hybridized carbons (Fsp3) is 0.538. The van der Waals surface area contributed by atoms with Crippen LogP contribution in [0.4, 0.5) is 0 Å². The Kier molecular flexibility index (Phi) is 1.62. The lowest BCUT2D eigenvalue weighted by atomic mass is 9.61. The van der Waals surface area contributed by atoms with E-state index in [0.717, 1.165) is 11.8 Å². The third-order valence-electron chi connectivity index (χ3n) is 4.69. The van der Waals surface area contributed by atoms with E-state index in [4.69, 9.17) is 23.2 Å². The normalized spacial score (nSPS) is 49.7. The van der Waals surface area contributed by atoms with Crippen molar-refractivity contribution in [3.63, 3.8) is 0 Å². The second-order valence-electron chi connectivity index (χ2n) is 5.13. The fourth-order valence-electron chi connectivity index (χ4n) is 4.14. The highest BCUT2D eigenvalue weighted by atomic mass is 35.5. The molecule has 2 saturated carbocycles. The van der Waals surface area contributed by atoms with E-state index in [0.29, 0.717) is 11.8 Å². The van der Waals surface area contributed by atoms with Gasteiger partial charge in [0.15, 0.2) is 0 Å². The summed E-state index contributed by atoms with van der Waals surface area (Å²) in [5.41, 5.74) is 3.09. The van der Waals surface area contributed by atoms with Crippen LogP contribution in [-0.4, -0.2) is 10.8 Å². The molecule has 0 N–H and O–H groups in total. The first kappa shape index (κ1) is 8.90. The lowest BCUT2D eigenvalue weighted by Crippen LogP contribution is -2.39. The Hall–Kier alpha value is -0.200. The predicted octanol–water partition coefficient (Wildman–Crippen LogP) is 3.73. The summed E-state index contributed by atoms with van der Waals surface area (Å²) < 4.78 is 0. The molecule has 0 heterocycles. The number of fused-ring (bicyclic) bond motifs is 8. The smallest absolute Gasteiger partial charge is 0.0537 e. The Balaban J connectivity index is 1.84. The van der Waals surface area contributed by atoms with E-state index in [9.17, 15) is 0 Å². The topological polar surface area (TPSA) is 0 Å². The van der Waals surface area contributed by atoms with Gasteiger partial charge in [-0.2, -0.15) is 0 Å². The third-order valence-corrected chi connectivity index (χ3v) is 6.01. The minimum Gasteiger partial charge on any atom is -0.121 e. The maximum atomic E-state index is 6.39. The fourth-order valence-corrected chi connectivity index (χ4v) is 5.03. The maximum Gasteiger partial charge on any atom is 0.0537 e. The van der Waals surface area contributed by atoms with E-state index in [2.05, 4.69) is 24.3 Å². The number of rotatable bonds is 0. The summed E-state index contributed by atoms with van der Waals surface area (Å²) in [5.74, 6) is 2.73. The summed E-state index contributed by atoms with van der Waals surface area (Å²) in [6, 6.07) is 8.82. The SMILES string of the molecule is Cl[C@@H]1[C@H](Cl)[C@@H]2C[C@H]1[C@@H]1c3ccccc3[C@H]21. The molecule has 0 amide bonds. The lowest BCUT2D eigenvalue weighted by molar-refractivity contribution is 0.332. The van der Waals surface area contributed by atoms with Crippen LogP contribution in [0.15, 0.2) is 24.3 Å². The van der Waals surface area contributed by atoms with Crippen LogP contribution in [0, 0.1) is 11.8 Å². The zero-order valence-electron chi connectivity index (χ0n) is 8.24. The van der Waals surface area contributed by atoms with Gasteiger partial charge in [-0.15, -0.1) is 23.2 Å². The van der Waals surface area contributed by atoms with Crippen molar-refractivity contribution in [2.45, 2.75) is 29.0 Å². The van der Waals surface area contributed by atoms with Crippen LogP contribution in [0.1, 0.15) is 29.4 Å². The first-order valence-corrected chi connectivity index (χ1v) is 6.53. The molecular weight excluding hydrogens is 227 g/mol. The molecule has 1 aromatic rings. The van der Waals surface area contributed by atoms with Crippen molar-refractivity contribution in [3.8, 4) is 0 Å². The van der Waals surface area contributed by atoms with E-state index in [1.165, 1.54) is 6.42 Å². The van der Waals surface area contributed by atoms with Gasteiger partial charge in [-0.1, -0.05) is 24.3 Å². The van der Waals surface area contributed by atoms with Gasteiger partial charge in [0.25, 0.3) is 0 Å². The van der Waals surface area contributed by atoms with Gasteiger partial charge in [0.05, 0.1) is 10.8 Å². The van der Waals surface area contributed by atoms with Gasteiger partial charge in [-0.25, -0.2) is 0 Å². The summed E-state index contributed by atoms with van der Waals surface area (Å²) in [6.07, 6.45) is 1.24. The Morgan fingerprint density at radius 2 is 1.33 bits per heavy atom. The molecule has 0 saturated heterocycles. The highest BCUT2D eigenvalue weighted by molar-refractivity contribution is 6.31. The molecule has 2 fully saturated rings. The zero-order valence-corrected chi connectivity index (χ0v) is 9.75. The third kappa shape index (κ3) is 0.877. The summed E-state index contributed by atoms with van der Waals surface area (Å²) >= 11 is 12.8. The van der Waals surface area contributed by atoms with Gasteiger partial charge in [-0.05, 0) is 41.2 Å². The molecule has 2 bridgehead atoms. The largest absolute Gasteiger partial charge is 0.121 e. The lowest BCUT2D eigenvalue weighted by Gasteiger charge is -2.45. The second-order valence-corrected chi connectivity index (χ2v) is 6.14. The van der Waals surface area contributed by atoms with Crippen molar-refractivity contribution in [1.82, 2.24) is 0 Å². The number of alkyl halides is 2. The van der Waals surface area contributed by atoms with Crippen molar-refractivity contribution in [1.29, 1.82) is 0 Å². The maximum absolute atomic E-state index is 6.39. The molecule has 78 valence electrons. The molecular formula is C13H12Cl2.